The first-order valence-corrected chi connectivity index (χ1v) is 10.0. The lowest BCUT2D eigenvalue weighted by atomic mass is 9.78. The van der Waals surface area contributed by atoms with Gasteiger partial charge >= 0.3 is 0 Å². The van der Waals surface area contributed by atoms with E-state index < -0.39 is 5.41 Å². The van der Waals surface area contributed by atoms with E-state index in [2.05, 4.69) is 15.6 Å². The number of ether oxygens (including phenoxy) is 1. The van der Waals surface area contributed by atoms with Gasteiger partial charge in [0, 0.05) is 28.8 Å². The molecular weight excluding hydrogens is 354 g/mol. The van der Waals surface area contributed by atoms with Gasteiger partial charge in [-0.25, -0.2) is 4.98 Å². The molecule has 0 atom stereocenters. The lowest BCUT2D eigenvalue weighted by Gasteiger charge is -2.35. The molecule has 1 aromatic carbocycles. The van der Waals surface area contributed by atoms with Gasteiger partial charge in [0.05, 0.1) is 12.0 Å². The lowest BCUT2D eigenvalue weighted by Crippen LogP contribution is -2.47. The van der Waals surface area contributed by atoms with E-state index in [-0.39, 0.29) is 5.91 Å². The number of aryl methyl sites for hydroxylation is 1. The van der Waals surface area contributed by atoms with Crippen LogP contribution in [0.4, 0.5) is 5.69 Å². The van der Waals surface area contributed by atoms with E-state index >= 15 is 0 Å². The fraction of sp³-hybridized carbons (Fsp3) is 0.444. The molecule has 0 spiro atoms. The summed E-state index contributed by atoms with van der Waals surface area (Å²) in [7, 11) is 1.66. The number of nitrogens with one attached hydrogen (secondary N) is 2. The number of amides is 1. The molecule has 3 rings (SSSR count). The van der Waals surface area contributed by atoms with Crippen molar-refractivity contribution in [3.8, 4) is 0 Å². The van der Waals surface area contributed by atoms with Crippen LogP contribution >= 0.6 is 23.1 Å². The van der Waals surface area contributed by atoms with Crippen LogP contribution in [0.1, 0.15) is 18.5 Å². The Kier molecular flexibility index (Phi) is 6.11. The topological polar surface area (TPSA) is 63.2 Å². The van der Waals surface area contributed by atoms with Crippen LogP contribution in [-0.2, 0) is 9.53 Å². The van der Waals surface area contributed by atoms with Crippen LogP contribution in [0, 0.1) is 12.3 Å². The van der Waals surface area contributed by atoms with Gasteiger partial charge in [-0.2, -0.15) is 0 Å². The Labute approximate surface area is 156 Å². The number of carbonyl (C=O) groups is 1. The van der Waals surface area contributed by atoms with Crippen molar-refractivity contribution in [3.05, 3.63) is 35.3 Å². The maximum atomic E-state index is 12.8. The van der Waals surface area contributed by atoms with Gasteiger partial charge in [-0.1, -0.05) is 11.8 Å². The lowest BCUT2D eigenvalue weighted by molar-refractivity contribution is -0.130. The van der Waals surface area contributed by atoms with E-state index in [9.17, 15) is 4.79 Å². The Morgan fingerprint density at radius 2 is 2.08 bits per heavy atom. The van der Waals surface area contributed by atoms with E-state index in [0.717, 1.165) is 46.5 Å². The summed E-state index contributed by atoms with van der Waals surface area (Å²) in [5.41, 5.74) is 1.42. The largest absolute Gasteiger partial charge is 0.384 e. The molecule has 2 aromatic rings. The van der Waals surface area contributed by atoms with E-state index in [1.807, 2.05) is 36.6 Å². The summed E-state index contributed by atoms with van der Waals surface area (Å²) in [6.07, 6.45) is 1.59. The zero-order valence-corrected chi connectivity index (χ0v) is 16.1. The number of benzene rings is 1. The first kappa shape index (κ1) is 18.4. The van der Waals surface area contributed by atoms with Crippen molar-refractivity contribution >= 4 is 34.7 Å². The Balaban J connectivity index is 1.64. The number of carbonyl (C=O) groups excluding carboxylic acids is 1. The predicted octanol–water partition coefficient (Wildman–Crippen LogP) is 3.56. The van der Waals surface area contributed by atoms with Crippen LogP contribution in [0.2, 0.25) is 0 Å². The molecule has 5 nitrogen and oxygen atoms in total. The van der Waals surface area contributed by atoms with Crippen molar-refractivity contribution in [2.24, 2.45) is 5.41 Å². The molecule has 1 saturated heterocycles. The molecule has 134 valence electrons. The maximum Gasteiger partial charge on any atom is 0.233 e. The zero-order valence-electron chi connectivity index (χ0n) is 14.5. The minimum atomic E-state index is -0.439. The summed E-state index contributed by atoms with van der Waals surface area (Å²) in [4.78, 5) is 18.4. The van der Waals surface area contributed by atoms with Gasteiger partial charge in [0.2, 0.25) is 5.91 Å². The van der Waals surface area contributed by atoms with Crippen molar-refractivity contribution in [2.45, 2.75) is 29.0 Å². The van der Waals surface area contributed by atoms with Crippen LogP contribution in [0.15, 0.2) is 38.9 Å². The van der Waals surface area contributed by atoms with E-state index in [1.165, 1.54) is 0 Å². The van der Waals surface area contributed by atoms with Gasteiger partial charge in [-0.05, 0) is 57.1 Å². The van der Waals surface area contributed by atoms with Gasteiger partial charge in [0.1, 0.15) is 0 Å². The number of anilines is 1. The van der Waals surface area contributed by atoms with Gasteiger partial charge < -0.3 is 15.4 Å². The highest BCUT2D eigenvalue weighted by atomic mass is 32.2. The van der Waals surface area contributed by atoms with Crippen LogP contribution in [0.5, 0.6) is 0 Å². The molecule has 0 aliphatic carbocycles. The number of nitrogens with zero attached hydrogens (tertiary/aromatic N) is 1. The van der Waals surface area contributed by atoms with Crippen LogP contribution in [0.3, 0.4) is 0 Å². The number of aromatic nitrogens is 1. The zero-order chi connectivity index (χ0) is 17.7. The molecule has 1 aromatic heterocycles. The van der Waals surface area contributed by atoms with Gasteiger partial charge in [0.25, 0.3) is 0 Å². The van der Waals surface area contributed by atoms with Crippen molar-refractivity contribution in [1.82, 2.24) is 10.3 Å². The van der Waals surface area contributed by atoms with E-state index in [4.69, 9.17) is 4.74 Å². The fourth-order valence-electron chi connectivity index (χ4n) is 2.97. The monoisotopic (exact) mass is 377 g/mol. The van der Waals surface area contributed by atoms with Crippen LogP contribution < -0.4 is 10.6 Å². The average Bonchev–Trinajstić information content (AvgIpc) is 3.02. The molecule has 1 fully saturated rings. The molecule has 0 saturated carbocycles. The maximum absolute atomic E-state index is 12.8. The molecule has 1 amide bonds. The van der Waals surface area contributed by atoms with Gasteiger partial charge in [-0.3, -0.25) is 4.79 Å². The third-order valence-corrected chi connectivity index (χ3v) is 6.44. The quantitative estimate of drug-likeness (QED) is 0.806. The van der Waals surface area contributed by atoms with Crippen molar-refractivity contribution in [3.63, 3.8) is 0 Å². The minimum absolute atomic E-state index is 0.0480. The molecule has 0 unspecified atom stereocenters. The Bertz CT molecular complexity index is 704. The summed E-state index contributed by atoms with van der Waals surface area (Å²) in [5.74, 6) is 0.0480. The Morgan fingerprint density at radius 1 is 1.36 bits per heavy atom. The molecule has 2 N–H and O–H groups in total. The molecule has 2 heterocycles. The number of thiazole rings is 1. The highest BCUT2D eigenvalue weighted by Gasteiger charge is 2.39. The fourth-order valence-corrected chi connectivity index (χ4v) is 4.78. The summed E-state index contributed by atoms with van der Waals surface area (Å²) < 4.78 is 6.36. The standard InChI is InChI=1S/C18H23N3O2S2/c1-13-11-24-17(20-13)25-15-5-3-14(4-6-15)21-16(22)18(12-23-2)7-9-19-10-8-18/h3-6,11,19H,7-10,12H2,1-2H3,(H,21,22). The van der Waals surface area contributed by atoms with Crippen molar-refractivity contribution in [1.29, 1.82) is 0 Å². The highest BCUT2D eigenvalue weighted by molar-refractivity contribution is 8.01. The minimum Gasteiger partial charge on any atom is -0.384 e. The third-order valence-electron chi connectivity index (χ3n) is 4.38. The number of rotatable bonds is 6. The van der Waals surface area contributed by atoms with Crippen molar-refractivity contribution < 1.29 is 9.53 Å². The normalized spacial score (nSPS) is 16.6. The molecule has 25 heavy (non-hydrogen) atoms. The number of methoxy groups -OCH3 is 1. The first-order chi connectivity index (χ1) is 12.1. The smallest absolute Gasteiger partial charge is 0.233 e. The second kappa shape index (κ2) is 8.31. The molecular formula is C18H23N3O2S2. The first-order valence-electron chi connectivity index (χ1n) is 8.32. The SMILES string of the molecule is COCC1(C(=O)Nc2ccc(Sc3nc(C)cs3)cc2)CCNCC1. The molecule has 1 aliphatic rings. The second-order valence-corrected chi connectivity index (χ2v) is 8.48. The number of hydrogen-bond acceptors (Lipinski definition) is 6. The molecule has 7 heteroatoms. The summed E-state index contributed by atoms with van der Waals surface area (Å²) in [6, 6.07) is 7.93. The van der Waals surface area contributed by atoms with Crippen LogP contribution in [0.25, 0.3) is 0 Å². The third kappa shape index (κ3) is 4.61. The Morgan fingerprint density at radius 3 is 2.68 bits per heavy atom. The highest BCUT2D eigenvalue weighted by Crippen LogP contribution is 2.33. The van der Waals surface area contributed by atoms with Gasteiger partial charge in [-0.15, -0.1) is 11.3 Å². The number of piperidine rings is 1. The average molecular weight is 378 g/mol. The molecule has 1 aliphatic heterocycles. The van der Waals surface area contributed by atoms with E-state index in [1.54, 1.807) is 30.2 Å². The summed E-state index contributed by atoms with van der Waals surface area (Å²) in [6.45, 7) is 4.15. The molecule has 0 radical (unpaired) electrons. The predicted molar refractivity (Wildman–Crippen MR) is 102 cm³/mol. The summed E-state index contributed by atoms with van der Waals surface area (Å²) >= 11 is 3.28. The van der Waals surface area contributed by atoms with E-state index in [0.29, 0.717) is 6.61 Å². The second-order valence-electron chi connectivity index (χ2n) is 6.30. The summed E-state index contributed by atoms with van der Waals surface area (Å²) in [5, 5.41) is 8.42. The van der Waals surface area contributed by atoms with Crippen molar-refractivity contribution in [2.75, 3.05) is 32.1 Å². The van der Waals surface area contributed by atoms with Crippen LogP contribution in [-0.4, -0.2) is 37.7 Å². The Hall–Kier alpha value is -1.41. The van der Waals surface area contributed by atoms with Gasteiger partial charge in [0.15, 0.2) is 4.34 Å². The molecule has 0 bridgehead atoms. The number of hydrogen-bond donors (Lipinski definition) is 2.